The van der Waals surface area contributed by atoms with Gasteiger partial charge in [-0.3, -0.25) is 24.7 Å². The summed E-state index contributed by atoms with van der Waals surface area (Å²) in [5, 5.41) is 16.5. The highest BCUT2D eigenvalue weighted by Crippen LogP contribution is 2.31. The van der Waals surface area contributed by atoms with Crippen LogP contribution >= 0.6 is 0 Å². The number of aromatic nitrogens is 1. The van der Waals surface area contributed by atoms with E-state index >= 15 is 0 Å². The minimum Gasteiger partial charge on any atom is -0.481 e. The molecule has 25 heavy (non-hydrogen) atoms. The maximum Gasteiger partial charge on any atom is 0.279 e. The summed E-state index contributed by atoms with van der Waals surface area (Å²) in [6.07, 6.45) is 2.62. The van der Waals surface area contributed by atoms with E-state index in [9.17, 15) is 19.7 Å². The number of carbonyl (C=O) groups is 2. The van der Waals surface area contributed by atoms with Crippen LogP contribution in [0.1, 0.15) is 0 Å². The highest BCUT2D eigenvalue weighted by atomic mass is 16.6. The van der Waals surface area contributed by atoms with Gasteiger partial charge in [0.15, 0.2) is 6.61 Å². The van der Waals surface area contributed by atoms with Crippen LogP contribution in [-0.4, -0.2) is 41.4 Å². The number of hydrogen-bond acceptors (Lipinski definition) is 6. The van der Waals surface area contributed by atoms with Crippen LogP contribution in [0, 0.1) is 10.1 Å². The monoisotopic (exact) mass is 344 g/mol. The Hall–Kier alpha value is -3.49. The number of non-ortho nitro benzene ring substituents is 1. The lowest BCUT2D eigenvalue weighted by atomic mass is 10.1. The summed E-state index contributed by atoms with van der Waals surface area (Å²) in [5.74, 6) is -0.444. The fourth-order valence-corrected chi connectivity index (χ4v) is 2.06. The van der Waals surface area contributed by atoms with Crippen molar-refractivity contribution in [2.75, 3.05) is 19.7 Å². The van der Waals surface area contributed by atoms with Gasteiger partial charge in [-0.25, -0.2) is 0 Å². The van der Waals surface area contributed by atoms with Crippen molar-refractivity contribution in [2.24, 2.45) is 0 Å². The molecule has 130 valence electrons. The van der Waals surface area contributed by atoms with Crippen LogP contribution in [-0.2, 0) is 9.59 Å². The summed E-state index contributed by atoms with van der Waals surface area (Å²) in [6.45, 7) is 3.53. The summed E-state index contributed by atoms with van der Waals surface area (Å²) in [5.41, 5.74) is 0.223. The van der Waals surface area contributed by atoms with E-state index in [0.717, 1.165) is 6.08 Å². The molecule has 0 saturated heterocycles. The predicted molar refractivity (Wildman–Crippen MR) is 90.1 cm³/mol. The van der Waals surface area contributed by atoms with Gasteiger partial charge in [0.25, 0.3) is 11.6 Å². The van der Waals surface area contributed by atoms with E-state index < -0.39 is 10.8 Å². The lowest BCUT2D eigenvalue weighted by Crippen LogP contribution is -2.36. The number of benzene rings is 1. The smallest absolute Gasteiger partial charge is 0.279 e. The molecule has 1 aromatic heterocycles. The molecule has 2 rings (SSSR count). The Morgan fingerprint density at radius 3 is 2.76 bits per heavy atom. The minimum atomic E-state index is -0.502. The Kier molecular flexibility index (Phi) is 5.99. The fourth-order valence-electron chi connectivity index (χ4n) is 2.06. The van der Waals surface area contributed by atoms with Crippen molar-refractivity contribution in [3.63, 3.8) is 0 Å². The van der Waals surface area contributed by atoms with Crippen molar-refractivity contribution in [2.45, 2.75) is 0 Å². The number of nitro groups is 1. The number of fused-ring (bicyclic) bond motifs is 1. The van der Waals surface area contributed by atoms with Gasteiger partial charge in [-0.1, -0.05) is 6.58 Å². The topological polar surface area (TPSA) is 123 Å². The van der Waals surface area contributed by atoms with Gasteiger partial charge in [0.2, 0.25) is 5.91 Å². The van der Waals surface area contributed by atoms with Crippen LogP contribution in [0.15, 0.2) is 43.1 Å². The van der Waals surface area contributed by atoms with Crippen LogP contribution in [0.4, 0.5) is 5.69 Å². The van der Waals surface area contributed by atoms with Crippen LogP contribution in [0.25, 0.3) is 10.9 Å². The second-order valence-electron chi connectivity index (χ2n) is 4.87. The predicted octanol–water partition coefficient (Wildman–Crippen LogP) is 0.940. The summed E-state index contributed by atoms with van der Waals surface area (Å²) in [4.78, 5) is 37.3. The van der Waals surface area contributed by atoms with E-state index in [0.29, 0.717) is 10.9 Å². The highest BCUT2D eigenvalue weighted by Gasteiger charge is 2.16. The third-order valence-electron chi connectivity index (χ3n) is 3.20. The van der Waals surface area contributed by atoms with Gasteiger partial charge in [-0.05, 0) is 24.3 Å². The molecule has 2 N–H and O–H groups in total. The number of nitro benzene ring substituents is 1. The van der Waals surface area contributed by atoms with Crippen LogP contribution < -0.4 is 15.4 Å². The molecule has 0 atom stereocenters. The first-order chi connectivity index (χ1) is 12.0. The zero-order valence-corrected chi connectivity index (χ0v) is 13.2. The standard InChI is InChI=1S/C16H16N4O5/c1-2-14(21)17-8-9-18-15(22)10-25-13-6-5-12(20(23)24)11-4-3-7-19-16(11)13/h2-7H,1,8-10H2,(H,17,21)(H,18,22). The van der Waals surface area contributed by atoms with Gasteiger partial charge < -0.3 is 15.4 Å². The van der Waals surface area contributed by atoms with Crippen LogP contribution in [0.3, 0.4) is 0 Å². The number of rotatable bonds is 8. The lowest BCUT2D eigenvalue weighted by Gasteiger charge is -2.09. The molecule has 0 unspecified atom stereocenters. The number of pyridine rings is 1. The fraction of sp³-hybridized carbons (Fsp3) is 0.188. The Morgan fingerprint density at radius 2 is 2.04 bits per heavy atom. The van der Waals surface area contributed by atoms with Gasteiger partial charge in [0.1, 0.15) is 11.3 Å². The normalized spacial score (nSPS) is 10.1. The van der Waals surface area contributed by atoms with Crippen molar-refractivity contribution in [3.05, 3.63) is 53.2 Å². The molecule has 2 aromatic rings. The number of carbonyl (C=O) groups excluding carboxylic acids is 2. The lowest BCUT2D eigenvalue weighted by molar-refractivity contribution is -0.383. The van der Waals surface area contributed by atoms with Crippen molar-refractivity contribution in [1.29, 1.82) is 0 Å². The molecule has 0 aliphatic heterocycles. The first kappa shape index (κ1) is 17.9. The molecule has 0 radical (unpaired) electrons. The molecule has 1 aromatic carbocycles. The Bertz CT molecular complexity index is 821. The summed E-state index contributed by atoms with van der Waals surface area (Å²) >= 11 is 0. The number of ether oxygens (including phenoxy) is 1. The number of nitrogens with one attached hydrogen (secondary N) is 2. The van der Waals surface area contributed by atoms with E-state index in [1.54, 1.807) is 12.1 Å². The first-order valence-electron chi connectivity index (χ1n) is 7.35. The Balaban J connectivity index is 1.96. The second kappa shape index (κ2) is 8.39. The minimum absolute atomic E-state index is 0.0853. The van der Waals surface area contributed by atoms with Gasteiger partial charge >= 0.3 is 0 Å². The van der Waals surface area contributed by atoms with Crippen molar-refractivity contribution in [3.8, 4) is 5.75 Å². The number of hydrogen-bond donors (Lipinski definition) is 2. The molecule has 0 aliphatic rings. The van der Waals surface area contributed by atoms with E-state index in [1.165, 1.54) is 18.3 Å². The zero-order valence-electron chi connectivity index (χ0n) is 13.2. The maximum absolute atomic E-state index is 11.7. The average Bonchev–Trinajstić information content (AvgIpc) is 2.62. The van der Waals surface area contributed by atoms with Crippen LogP contribution in [0.5, 0.6) is 5.75 Å². The molecular weight excluding hydrogens is 328 g/mol. The molecule has 0 bridgehead atoms. The zero-order chi connectivity index (χ0) is 18.2. The van der Waals surface area contributed by atoms with Crippen molar-refractivity contribution >= 4 is 28.4 Å². The Labute approximate surface area is 142 Å². The van der Waals surface area contributed by atoms with Gasteiger partial charge in [0, 0.05) is 25.4 Å². The summed E-state index contributed by atoms with van der Waals surface area (Å²) in [6, 6.07) is 5.87. The van der Waals surface area contributed by atoms with Crippen molar-refractivity contribution < 1.29 is 19.2 Å². The molecule has 9 nitrogen and oxygen atoms in total. The second-order valence-corrected chi connectivity index (χ2v) is 4.87. The van der Waals surface area contributed by atoms with Crippen LogP contribution in [0.2, 0.25) is 0 Å². The SMILES string of the molecule is C=CC(=O)NCCNC(=O)COc1ccc([N+](=O)[O-])c2cccnc12. The van der Waals surface area contributed by atoms with E-state index in [-0.39, 0.29) is 37.0 Å². The summed E-state index contributed by atoms with van der Waals surface area (Å²) < 4.78 is 5.41. The molecule has 0 aliphatic carbocycles. The maximum atomic E-state index is 11.7. The molecule has 1 heterocycles. The highest BCUT2D eigenvalue weighted by molar-refractivity contribution is 5.92. The molecule has 0 saturated carbocycles. The van der Waals surface area contributed by atoms with Crippen molar-refractivity contribution in [1.82, 2.24) is 15.6 Å². The molecule has 0 spiro atoms. The molecular formula is C16H16N4O5. The summed E-state index contributed by atoms with van der Waals surface area (Å²) in [7, 11) is 0. The van der Waals surface area contributed by atoms with E-state index in [4.69, 9.17) is 4.74 Å². The van der Waals surface area contributed by atoms with E-state index in [1.807, 2.05) is 0 Å². The average molecular weight is 344 g/mol. The van der Waals surface area contributed by atoms with E-state index in [2.05, 4.69) is 22.2 Å². The first-order valence-corrected chi connectivity index (χ1v) is 7.35. The van der Waals surface area contributed by atoms with Gasteiger partial charge in [-0.2, -0.15) is 0 Å². The third kappa shape index (κ3) is 4.74. The number of nitrogens with zero attached hydrogens (tertiary/aromatic N) is 2. The molecule has 0 fully saturated rings. The quantitative estimate of drug-likeness (QED) is 0.318. The van der Waals surface area contributed by atoms with Gasteiger partial charge in [0.05, 0.1) is 10.3 Å². The van der Waals surface area contributed by atoms with Gasteiger partial charge in [-0.15, -0.1) is 0 Å². The largest absolute Gasteiger partial charge is 0.481 e. The molecule has 9 heteroatoms. The molecule has 2 amide bonds. The Morgan fingerprint density at radius 1 is 1.28 bits per heavy atom. The number of amides is 2. The third-order valence-corrected chi connectivity index (χ3v) is 3.20.